The van der Waals surface area contributed by atoms with Crippen LogP contribution in [0.5, 0.6) is 0 Å². The molecule has 1 aromatic heterocycles. The maximum atomic E-state index is 12.5. The van der Waals surface area contributed by atoms with Crippen LogP contribution >= 0.6 is 0 Å². The van der Waals surface area contributed by atoms with E-state index in [9.17, 15) is 14.4 Å². The molecule has 154 valence electrons. The molecule has 2 aromatic rings. The van der Waals surface area contributed by atoms with Crippen molar-refractivity contribution in [2.45, 2.75) is 19.8 Å². The van der Waals surface area contributed by atoms with E-state index >= 15 is 0 Å². The van der Waals surface area contributed by atoms with Crippen LogP contribution in [0.15, 0.2) is 41.2 Å². The van der Waals surface area contributed by atoms with Crippen LogP contribution in [0.4, 0.5) is 11.4 Å². The van der Waals surface area contributed by atoms with Crippen molar-refractivity contribution >= 4 is 23.2 Å². The van der Waals surface area contributed by atoms with Gasteiger partial charge in [0.15, 0.2) is 0 Å². The molecule has 8 heteroatoms. The Morgan fingerprint density at radius 3 is 2.45 bits per heavy atom. The average molecular weight is 398 g/mol. The Bertz CT molecular complexity index is 932. The second-order valence-electron chi connectivity index (χ2n) is 7.28. The number of benzene rings is 1. The largest absolute Gasteiger partial charge is 0.379 e. The van der Waals surface area contributed by atoms with Gasteiger partial charge in [0.25, 0.3) is 11.5 Å². The topological polar surface area (TPSA) is 104 Å². The second kappa shape index (κ2) is 9.49. The quantitative estimate of drug-likeness (QED) is 0.691. The number of nitrogens with zero attached hydrogens (tertiary/aromatic N) is 1. The van der Waals surface area contributed by atoms with Gasteiger partial charge in [-0.1, -0.05) is 19.9 Å². The molecule has 0 atom stereocenters. The molecule has 1 aliphatic rings. The number of pyridine rings is 1. The highest BCUT2D eigenvalue weighted by atomic mass is 16.5. The van der Waals surface area contributed by atoms with Gasteiger partial charge in [-0.3, -0.25) is 19.3 Å². The first kappa shape index (κ1) is 20.8. The summed E-state index contributed by atoms with van der Waals surface area (Å²) < 4.78 is 5.28. The van der Waals surface area contributed by atoms with Gasteiger partial charge < -0.3 is 20.4 Å². The molecule has 1 fully saturated rings. The number of H-pyrrole nitrogens is 1. The minimum Gasteiger partial charge on any atom is -0.379 e. The maximum absolute atomic E-state index is 12.5. The van der Waals surface area contributed by atoms with E-state index in [1.54, 1.807) is 30.3 Å². The van der Waals surface area contributed by atoms with Crippen molar-refractivity contribution in [3.63, 3.8) is 0 Å². The third-order valence-electron chi connectivity index (χ3n) is 4.67. The second-order valence-corrected chi connectivity index (χ2v) is 7.28. The zero-order chi connectivity index (χ0) is 20.8. The molecule has 0 radical (unpaired) electrons. The van der Waals surface area contributed by atoms with Gasteiger partial charge in [-0.25, -0.2) is 0 Å². The number of carbonyl (C=O) groups excluding carboxylic acids is 2. The van der Waals surface area contributed by atoms with Crippen LogP contribution in [-0.4, -0.2) is 54.5 Å². The Morgan fingerprint density at radius 1 is 1.10 bits per heavy atom. The van der Waals surface area contributed by atoms with E-state index in [1.165, 1.54) is 6.07 Å². The highest BCUT2D eigenvalue weighted by Gasteiger charge is 2.15. The molecular formula is C21H26N4O4. The normalized spacial score (nSPS) is 14.6. The number of hydrogen-bond donors (Lipinski definition) is 3. The van der Waals surface area contributed by atoms with Gasteiger partial charge in [-0.2, -0.15) is 0 Å². The predicted octanol–water partition coefficient (Wildman–Crippen LogP) is 2.02. The summed E-state index contributed by atoms with van der Waals surface area (Å²) in [6.07, 6.45) is 0. The minimum absolute atomic E-state index is 0.0381. The lowest BCUT2D eigenvalue weighted by molar-refractivity contribution is -0.118. The number of morpholine rings is 1. The summed E-state index contributed by atoms with van der Waals surface area (Å²) >= 11 is 0. The third-order valence-corrected chi connectivity index (χ3v) is 4.67. The number of amides is 2. The molecule has 3 N–H and O–H groups in total. The summed E-state index contributed by atoms with van der Waals surface area (Å²) in [7, 11) is 0. The summed E-state index contributed by atoms with van der Waals surface area (Å²) in [5.74, 6) is -0.466. The van der Waals surface area contributed by atoms with Crippen molar-refractivity contribution in [2.75, 3.05) is 43.5 Å². The van der Waals surface area contributed by atoms with Crippen LogP contribution in [0.1, 0.15) is 35.8 Å². The minimum atomic E-state index is -0.502. The lowest BCUT2D eigenvalue weighted by Crippen LogP contribution is -2.41. The molecule has 3 rings (SSSR count). The fraction of sp³-hybridized carbons (Fsp3) is 0.381. The summed E-state index contributed by atoms with van der Waals surface area (Å²) in [5.41, 5.74) is 1.45. The monoisotopic (exact) mass is 398 g/mol. The summed E-state index contributed by atoms with van der Waals surface area (Å²) in [4.78, 5) is 41.7. The van der Waals surface area contributed by atoms with E-state index < -0.39 is 11.5 Å². The molecule has 8 nitrogen and oxygen atoms in total. The number of aromatic amines is 1. The Hall–Kier alpha value is -2.97. The molecule has 0 spiro atoms. The maximum Gasteiger partial charge on any atom is 0.261 e. The van der Waals surface area contributed by atoms with Crippen LogP contribution in [0, 0.1) is 0 Å². The highest BCUT2D eigenvalue weighted by molar-refractivity contribution is 6.04. The number of anilines is 2. The fourth-order valence-corrected chi connectivity index (χ4v) is 3.04. The number of ether oxygens (including phenoxy) is 1. The fourth-order valence-electron chi connectivity index (χ4n) is 3.04. The van der Waals surface area contributed by atoms with Crippen molar-refractivity contribution in [3.05, 3.63) is 58.0 Å². The molecule has 0 saturated carbocycles. The van der Waals surface area contributed by atoms with Crippen molar-refractivity contribution in [3.8, 4) is 0 Å². The van der Waals surface area contributed by atoms with Crippen LogP contribution in [0.2, 0.25) is 0 Å². The smallest absolute Gasteiger partial charge is 0.261 e. The first-order chi connectivity index (χ1) is 13.9. The lowest BCUT2D eigenvalue weighted by atomic mass is 10.1. The van der Waals surface area contributed by atoms with E-state index in [2.05, 4.69) is 15.6 Å². The van der Waals surface area contributed by atoms with Crippen LogP contribution in [0.25, 0.3) is 0 Å². The molecule has 0 bridgehead atoms. The van der Waals surface area contributed by atoms with Crippen molar-refractivity contribution < 1.29 is 14.3 Å². The van der Waals surface area contributed by atoms with E-state index in [0.717, 1.165) is 18.8 Å². The number of rotatable bonds is 6. The van der Waals surface area contributed by atoms with E-state index in [0.29, 0.717) is 24.6 Å². The molecule has 0 aliphatic carbocycles. The van der Waals surface area contributed by atoms with Crippen molar-refractivity contribution in [1.82, 2.24) is 9.88 Å². The van der Waals surface area contributed by atoms with Crippen LogP contribution in [0.3, 0.4) is 0 Å². The predicted molar refractivity (Wildman–Crippen MR) is 111 cm³/mol. The highest BCUT2D eigenvalue weighted by Crippen LogP contribution is 2.16. The van der Waals surface area contributed by atoms with Crippen molar-refractivity contribution in [1.29, 1.82) is 0 Å². The SMILES string of the molecule is CC(C)c1ccc(C(=O)Nc2cccc(NC(=O)CN3CCOCC3)c2)c(=O)[nH]1. The van der Waals surface area contributed by atoms with Gasteiger partial charge in [-0.05, 0) is 36.2 Å². The Balaban J connectivity index is 1.62. The molecular weight excluding hydrogens is 372 g/mol. The van der Waals surface area contributed by atoms with E-state index in [-0.39, 0.29) is 23.9 Å². The summed E-state index contributed by atoms with van der Waals surface area (Å²) in [5, 5.41) is 5.54. The number of nitrogens with one attached hydrogen (secondary N) is 3. The van der Waals surface area contributed by atoms with Gasteiger partial charge >= 0.3 is 0 Å². The number of aromatic nitrogens is 1. The average Bonchev–Trinajstić information content (AvgIpc) is 2.68. The van der Waals surface area contributed by atoms with E-state index in [1.807, 2.05) is 18.7 Å². The molecule has 29 heavy (non-hydrogen) atoms. The zero-order valence-electron chi connectivity index (χ0n) is 16.7. The molecule has 1 aliphatic heterocycles. The Kier molecular flexibility index (Phi) is 6.79. The first-order valence-electron chi connectivity index (χ1n) is 9.67. The number of hydrogen-bond acceptors (Lipinski definition) is 5. The van der Waals surface area contributed by atoms with Gasteiger partial charge in [-0.15, -0.1) is 0 Å². The summed E-state index contributed by atoms with van der Waals surface area (Å²) in [6, 6.07) is 10.1. The van der Waals surface area contributed by atoms with Crippen LogP contribution < -0.4 is 16.2 Å². The third kappa shape index (κ3) is 5.75. The molecule has 2 heterocycles. The van der Waals surface area contributed by atoms with Gasteiger partial charge in [0.05, 0.1) is 19.8 Å². The Labute approximate surface area is 169 Å². The number of carbonyl (C=O) groups is 2. The lowest BCUT2D eigenvalue weighted by Gasteiger charge is -2.25. The van der Waals surface area contributed by atoms with Gasteiger partial charge in [0.2, 0.25) is 5.91 Å². The molecule has 2 amide bonds. The van der Waals surface area contributed by atoms with Gasteiger partial charge in [0, 0.05) is 30.2 Å². The van der Waals surface area contributed by atoms with Gasteiger partial charge in [0.1, 0.15) is 5.56 Å². The zero-order valence-corrected chi connectivity index (χ0v) is 16.7. The molecule has 1 aromatic carbocycles. The first-order valence-corrected chi connectivity index (χ1v) is 9.67. The molecule has 1 saturated heterocycles. The standard InChI is InChI=1S/C21H26N4O4/c1-14(2)18-7-6-17(21(28)24-18)20(27)23-16-5-3-4-15(12-16)22-19(26)13-25-8-10-29-11-9-25/h3-7,12,14H,8-11,13H2,1-2H3,(H,22,26)(H,23,27)(H,24,28). The van der Waals surface area contributed by atoms with Crippen LogP contribution in [-0.2, 0) is 9.53 Å². The summed E-state index contributed by atoms with van der Waals surface area (Å²) in [6.45, 7) is 6.94. The molecule has 0 unspecified atom stereocenters. The van der Waals surface area contributed by atoms with E-state index in [4.69, 9.17) is 4.74 Å². The van der Waals surface area contributed by atoms with Crippen molar-refractivity contribution in [2.24, 2.45) is 0 Å². The Morgan fingerprint density at radius 2 is 1.79 bits per heavy atom.